The van der Waals surface area contributed by atoms with Crippen molar-refractivity contribution in [3.05, 3.63) is 71.3 Å². The van der Waals surface area contributed by atoms with Gasteiger partial charge in [0.25, 0.3) is 0 Å². The second kappa shape index (κ2) is 11.3. The molecule has 1 aliphatic heterocycles. The number of halogens is 2. The van der Waals surface area contributed by atoms with E-state index in [1.54, 1.807) is 24.3 Å². The molecule has 2 aromatic carbocycles. The molecular weight excluding hydrogens is 402 g/mol. The second-order valence-corrected chi connectivity index (χ2v) is 8.38. The SMILES string of the molecule is CC(C)COC[C@@H](O)CN(Cc1ccc(F)cc1)C[C@H]1CC(c2ccc(F)cc2)=NO1. The molecule has 0 saturated carbocycles. The van der Waals surface area contributed by atoms with E-state index in [2.05, 4.69) is 23.9 Å². The number of aliphatic hydroxyl groups is 1. The summed E-state index contributed by atoms with van der Waals surface area (Å²) in [4.78, 5) is 7.67. The molecule has 168 valence electrons. The normalized spacial score (nSPS) is 17.1. The van der Waals surface area contributed by atoms with E-state index < -0.39 is 6.10 Å². The van der Waals surface area contributed by atoms with Gasteiger partial charge < -0.3 is 14.7 Å². The molecule has 3 rings (SSSR count). The maximum Gasteiger partial charge on any atom is 0.145 e. The molecule has 2 atom stereocenters. The summed E-state index contributed by atoms with van der Waals surface area (Å²) in [5, 5.41) is 14.6. The van der Waals surface area contributed by atoms with Gasteiger partial charge in [-0.15, -0.1) is 0 Å². The Hall–Kier alpha value is -2.35. The highest BCUT2D eigenvalue weighted by molar-refractivity contribution is 6.01. The predicted octanol–water partition coefficient (Wildman–Crippen LogP) is 3.99. The fourth-order valence-corrected chi connectivity index (χ4v) is 3.47. The maximum atomic E-state index is 13.3. The molecule has 5 nitrogen and oxygen atoms in total. The summed E-state index contributed by atoms with van der Waals surface area (Å²) < 4.78 is 32.0. The van der Waals surface area contributed by atoms with Crippen molar-refractivity contribution in [1.82, 2.24) is 4.90 Å². The lowest BCUT2D eigenvalue weighted by Gasteiger charge is -2.27. The van der Waals surface area contributed by atoms with Gasteiger partial charge in [0, 0.05) is 32.7 Å². The largest absolute Gasteiger partial charge is 0.390 e. The summed E-state index contributed by atoms with van der Waals surface area (Å²) in [7, 11) is 0. The van der Waals surface area contributed by atoms with E-state index in [1.165, 1.54) is 24.3 Å². The van der Waals surface area contributed by atoms with Gasteiger partial charge in [0.15, 0.2) is 0 Å². The van der Waals surface area contributed by atoms with Crippen LogP contribution in [-0.4, -0.2) is 54.2 Å². The number of nitrogens with zero attached hydrogens (tertiary/aromatic N) is 2. The number of aliphatic hydroxyl groups excluding tert-OH is 1. The number of oxime groups is 1. The molecule has 0 saturated heterocycles. The van der Waals surface area contributed by atoms with Crippen molar-refractivity contribution < 1.29 is 23.5 Å². The number of hydrogen-bond acceptors (Lipinski definition) is 5. The molecule has 1 aliphatic rings. The van der Waals surface area contributed by atoms with E-state index in [1.807, 2.05) is 0 Å². The first kappa shape index (κ1) is 23.3. The lowest BCUT2D eigenvalue weighted by Crippen LogP contribution is -2.39. The van der Waals surface area contributed by atoms with E-state index in [0.717, 1.165) is 16.8 Å². The van der Waals surface area contributed by atoms with E-state index in [0.29, 0.717) is 38.6 Å². The summed E-state index contributed by atoms with van der Waals surface area (Å²) in [6, 6.07) is 12.5. The van der Waals surface area contributed by atoms with Crippen molar-refractivity contribution >= 4 is 5.71 Å². The van der Waals surface area contributed by atoms with Gasteiger partial charge in [0.1, 0.15) is 17.7 Å². The first-order valence-corrected chi connectivity index (χ1v) is 10.6. The average Bonchev–Trinajstić information content (AvgIpc) is 3.18. The molecule has 0 bridgehead atoms. The summed E-state index contributed by atoms with van der Waals surface area (Å²) >= 11 is 0. The number of benzene rings is 2. The molecule has 0 fully saturated rings. The van der Waals surface area contributed by atoms with Crippen LogP contribution in [0.3, 0.4) is 0 Å². The molecule has 1 heterocycles. The summed E-state index contributed by atoms with van der Waals surface area (Å²) in [5.74, 6) is -0.177. The van der Waals surface area contributed by atoms with Crippen LogP contribution >= 0.6 is 0 Å². The molecule has 1 N–H and O–H groups in total. The minimum absolute atomic E-state index is 0.190. The minimum atomic E-state index is -0.655. The zero-order valence-corrected chi connectivity index (χ0v) is 18.0. The van der Waals surface area contributed by atoms with Crippen molar-refractivity contribution in [2.75, 3.05) is 26.3 Å². The van der Waals surface area contributed by atoms with E-state index in [-0.39, 0.29) is 24.3 Å². The van der Waals surface area contributed by atoms with Crippen molar-refractivity contribution in [2.24, 2.45) is 11.1 Å². The molecule has 31 heavy (non-hydrogen) atoms. The van der Waals surface area contributed by atoms with Gasteiger partial charge in [-0.2, -0.15) is 0 Å². The fourth-order valence-electron chi connectivity index (χ4n) is 3.47. The Morgan fingerprint density at radius 2 is 1.71 bits per heavy atom. The zero-order valence-electron chi connectivity index (χ0n) is 18.0. The molecule has 0 spiro atoms. The third-order valence-electron chi connectivity index (χ3n) is 4.92. The van der Waals surface area contributed by atoms with Crippen LogP contribution in [0.5, 0.6) is 0 Å². The van der Waals surface area contributed by atoms with Crippen molar-refractivity contribution in [3.8, 4) is 0 Å². The van der Waals surface area contributed by atoms with Crippen molar-refractivity contribution in [2.45, 2.75) is 39.0 Å². The van der Waals surface area contributed by atoms with Gasteiger partial charge in [-0.1, -0.05) is 43.3 Å². The van der Waals surface area contributed by atoms with Crippen LogP contribution in [0.25, 0.3) is 0 Å². The van der Waals surface area contributed by atoms with Gasteiger partial charge in [-0.3, -0.25) is 4.90 Å². The summed E-state index contributed by atoms with van der Waals surface area (Å²) in [6.45, 7) is 6.42. The quantitative estimate of drug-likeness (QED) is 0.583. The lowest BCUT2D eigenvalue weighted by molar-refractivity contribution is -0.00734. The third-order valence-corrected chi connectivity index (χ3v) is 4.92. The molecule has 0 aromatic heterocycles. The van der Waals surface area contributed by atoms with Crippen LogP contribution in [-0.2, 0) is 16.1 Å². The second-order valence-electron chi connectivity index (χ2n) is 8.38. The van der Waals surface area contributed by atoms with Gasteiger partial charge in [-0.05, 0) is 41.3 Å². The predicted molar refractivity (Wildman–Crippen MR) is 116 cm³/mol. The molecule has 7 heteroatoms. The molecular formula is C24H30F2N2O3. The molecule has 0 radical (unpaired) electrons. The molecule has 0 aliphatic carbocycles. The van der Waals surface area contributed by atoms with Gasteiger partial charge >= 0.3 is 0 Å². The van der Waals surface area contributed by atoms with Gasteiger partial charge in [0.2, 0.25) is 0 Å². The summed E-state index contributed by atoms with van der Waals surface area (Å²) in [5.41, 5.74) is 2.54. The monoisotopic (exact) mass is 432 g/mol. The van der Waals surface area contributed by atoms with Crippen LogP contribution in [0, 0.1) is 17.6 Å². The smallest absolute Gasteiger partial charge is 0.145 e. The van der Waals surface area contributed by atoms with E-state index in [9.17, 15) is 13.9 Å². The van der Waals surface area contributed by atoms with Crippen LogP contribution in [0.4, 0.5) is 8.78 Å². The Labute approximate surface area is 182 Å². The maximum absolute atomic E-state index is 13.3. The highest BCUT2D eigenvalue weighted by atomic mass is 19.1. The Morgan fingerprint density at radius 1 is 1.06 bits per heavy atom. The Balaban J connectivity index is 1.59. The standard InChI is InChI=1S/C24H30F2N2O3/c1-17(2)15-30-16-22(29)13-28(12-18-3-7-20(25)8-4-18)14-23-11-24(27-31-23)19-5-9-21(26)10-6-19/h3-10,17,22-23,29H,11-16H2,1-2H3/t22-,23+/m0/s1. The Kier molecular flexibility index (Phi) is 8.51. The Bertz CT molecular complexity index is 841. The van der Waals surface area contributed by atoms with Crippen molar-refractivity contribution in [3.63, 3.8) is 0 Å². The number of rotatable bonds is 11. The fraction of sp³-hybridized carbons (Fsp3) is 0.458. The van der Waals surface area contributed by atoms with Crippen LogP contribution < -0.4 is 0 Å². The first-order chi connectivity index (χ1) is 14.9. The van der Waals surface area contributed by atoms with Crippen LogP contribution in [0.15, 0.2) is 53.7 Å². The van der Waals surface area contributed by atoms with Gasteiger partial charge in [0.05, 0.1) is 18.4 Å². The van der Waals surface area contributed by atoms with Crippen LogP contribution in [0.2, 0.25) is 0 Å². The number of hydrogen-bond donors (Lipinski definition) is 1. The van der Waals surface area contributed by atoms with Crippen LogP contribution in [0.1, 0.15) is 31.4 Å². The van der Waals surface area contributed by atoms with E-state index in [4.69, 9.17) is 9.57 Å². The average molecular weight is 433 g/mol. The topological polar surface area (TPSA) is 54.3 Å². The highest BCUT2D eigenvalue weighted by Crippen LogP contribution is 2.19. The first-order valence-electron chi connectivity index (χ1n) is 10.6. The molecule has 2 aromatic rings. The minimum Gasteiger partial charge on any atom is -0.390 e. The van der Waals surface area contributed by atoms with Crippen molar-refractivity contribution in [1.29, 1.82) is 0 Å². The lowest BCUT2D eigenvalue weighted by atomic mass is 10.0. The Morgan fingerprint density at radius 3 is 2.35 bits per heavy atom. The third kappa shape index (κ3) is 7.69. The molecule has 0 unspecified atom stereocenters. The summed E-state index contributed by atoms with van der Waals surface area (Å²) in [6.07, 6.45) is -0.256. The molecule has 0 amide bonds. The van der Waals surface area contributed by atoms with Gasteiger partial charge in [-0.25, -0.2) is 8.78 Å². The van der Waals surface area contributed by atoms with E-state index >= 15 is 0 Å². The number of ether oxygens (including phenoxy) is 1. The zero-order chi connectivity index (χ0) is 22.2. The highest BCUT2D eigenvalue weighted by Gasteiger charge is 2.26.